The maximum Gasteiger partial charge on any atom is 0.254 e. The van der Waals surface area contributed by atoms with Gasteiger partial charge in [0.05, 0.1) is 6.26 Å². The topological polar surface area (TPSA) is 68.2 Å². The molecule has 3 aromatic heterocycles. The number of benzene rings is 1. The highest BCUT2D eigenvalue weighted by atomic mass is 16.3. The largest absolute Gasteiger partial charge is 0.461 e. The monoisotopic (exact) mass is 305 g/mol. The van der Waals surface area contributed by atoms with Crippen molar-refractivity contribution in [2.75, 3.05) is 5.32 Å². The van der Waals surface area contributed by atoms with E-state index in [1.807, 2.05) is 43.3 Å². The zero-order chi connectivity index (χ0) is 15.6. The van der Waals surface area contributed by atoms with Gasteiger partial charge in [0.15, 0.2) is 5.76 Å². The van der Waals surface area contributed by atoms with Crippen molar-refractivity contribution in [1.82, 2.24) is 19.6 Å². The van der Waals surface area contributed by atoms with Crippen LogP contribution < -0.4 is 5.32 Å². The lowest BCUT2D eigenvalue weighted by Crippen LogP contribution is -2.06. The molecule has 0 unspecified atom stereocenters. The molecule has 0 aliphatic rings. The Labute approximate surface area is 132 Å². The molecule has 4 rings (SSSR count). The van der Waals surface area contributed by atoms with Crippen LogP contribution in [0.4, 0.5) is 5.82 Å². The molecule has 6 heteroatoms. The van der Waals surface area contributed by atoms with E-state index < -0.39 is 0 Å². The zero-order valence-electron chi connectivity index (χ0n) is 12.6. The van der Waals surface area contributed by atoms with Crippen LogP contribution in [0.1, 0.15) is 11.3 Å². The predicted octanol–water partition coefficient (Wildman–Crippen LogP) is 3.30. The van der Waals surface area contributed by atoms with Gasteiger partial charge in [-0.25, -0.2) is 4.98 Å². The molecule has 114 valence electrons. The maximum atomic E-state index is 5.36. The summed E-state index contributed by atoms with van der Waals surface area (Å²) in [5.74, 6) is 2.55. The molecule has 0 radical (unpaired) electrons. The van der Waals surface area contributed by atoms with Gasteiger partial charge >= 0.3 is 0 Å². The number of fused-ring (bicyclic) bond motifs is 1. The Hall–Kier alpha value is -3.15. The fourth-order valence-corrected chi connectivity index (χ4v) is 2.41. The smallest absolute Gasteiger partial charge is 0.254 e. The predicted molar refractivity (Wildman–Crippen MR) is 87.0 cm³/mol. The summed E-state index contributed by atoms with van der Waals surface area (Å²) in [7, 11) is 0. The third-order valence-electron chi connectivity index (χ3n) is 3.50. The van der Waals surface area contributed by atoms with Gasteiger partial charge in [0.25, 0.3) is 5.78 Å². The van der Waals surface area contributed by atoms with Crippen molar-refractivity contribution in [1.29, 1.82) is 0 Å². The van der Waals surface area contributed by atoms with Gasteiger partial charge < -0.3 is 9.73 Å². The molecule has 0 aliphatic heterocycles. The lowest BCUT2D eigenvalue weighted by molar-refractivity contribution is 0.577. The van der Waals surface area contributed by atoms with E-state index in [0.29, 0.717) is 23.9 Å². The van der Waals surface area contributed by atoms with Gasteiger partial charge in [-0.05, 0) is 24.6 Å². The molecule has 0 fully saturated rings. The molecule has 0 amide bonds. The van der Waals surface area contributed by atoms with E-state index in [-0.39, 0.29) is 0 Å². The van der Waals surface area contributed by atoms with Crippen LogP contribution in [0.25, 0.3) is 17.4 Å². The highest BCUT2D eigenvalue weighted by molar-refractivity contribution is 5.53. The van der Waals surface area contributed by atoms with Crippen molar-refractivity contribution < 1.29 is 4.42 Å². The second-order valence-corrected chi connectivity index (χ2v) is 5.25. The Balaban J connectivity index is 1.70. The van der Waals surface area contributed by atoms with Crippen molar-refractivity contribution in [2.24, 2.45) is 0 Å². The maximum absolute atomic E-state index is 5.36. The molecular formula is C17H15N5O. The third-order valence-corrected chi connectivity index (χ3v) is 3.50. The zero-order valence-corrected chi connectivity index (χ0v) is 12.6. The number of hydrogen-bond acceptors (Lipinski definition) is 5. The molecule has 0 saturated carbocycles. The van der Waals surface area contributed by atoms with E-state index >= 15 is 0 Å². The molecule has 4 aromatic rings. The first-order chi connectivity index (χ1) is 11.3. The van der Waals surface area contributed by atoms with Crippen LogP contribution in [0.5, 0.6) is 0 Å². The Morgan fingerprint density at radius 1 is 1.09 bits per heavy atom. The summed E-state index contributed by atoms with van der Waals surface area (Å²) in [5.41, 5.74) is 2.08. The van der Waals surface area contributed by atoms with Crippen LogP contribution in [0.3, 0.4) is 0 Å². The van der Waals surface area contributed by atoms with E-state index in [9.17, 15) is 0 Å². The van der Waals surface area contributed by atoms with Gasteiger partial charge in [-0.1, -0.05) is 30.3 Å². The standard InChI is InChI=1S/C17H15N5O/c1-12-10-15(18-11-13-6-3-2-4-7-13)22-17(19-12)20-16(21-22)14-8-5-9-23-14/h2-10,18H,11H2,1H3. The molecule has 0 atom stereocenters. The minimum absolute atomic E-state index is 0.524. The molecule has 1 N–H and O–H groups in total. The van der Waals surface area contributed by atoms with Crippen LogP contribution >= 0.6 is 0 Å². The fraction of sp³-hybridized carbons (Fsp3) is 0.118. The number of anilines is 1. The quantitative estimate of drug-likeness (QED) is 0.626. The second-order valence-electron chi connectivity index (χ2n) is 5.25. The Bertz CT molecular complexity index is 928. The molecule has 23 heavy (non-hydrogen) atoms. The Morgan fingerprint density at radius 2 is 1.96 bits per heavy atom. The summed E-state index contributed by atoms with van der Waals surface area (Å²) in [6.07, 6.45) is 1.61. The Morgan fingerprint density at radius 3 is 2.74 bits per heavy atom. The molecule has 0 saturated heterocycles. The van der Waals surface area contributed by atoms with Crippen molar-refractivity contribution in [3.05, 3.63) is 66.1 Å². The average Bonchev–Trinajstić information content (AvgIpc) is 3.22. The lowest BCUT2D eigenvalue weighted by atomic mass is 10.2. The number of nitrogens with one attached hydrogen (secondary N) is 1. The molecule has 0 aliphatic carbocycles. The van der Waals surface area contributed by atoms with Crippen molar-refractivity contribution in [3.8, 4) is 11.6 Å². The van der Waals surface area contributed by atoms with Gasteiger partial charge in [0, 0.05) is 18.3 Å². The molecule has 1 aromatic carbocycles. The van der Waals surface area contributed by atoms with E-state index in [1.165, 1.54) is 5.56 Å². The number of hydrogen-bond donors (Lipinski definition) is 1. The normalized spacial score (nSPS) is 11.0. The first-order valence-electron chi connectivity index (χ1n) is 7.36. The number of furan rings is 1. The van der Waals surface area contributed by atoms with E-state index in [0.717, 1.165) is 11.5 Å². The van der Waals surface area contributed by atoms with E-state index in [1.54, 1.807) is 10.8 Å². The van der Waals surface area contributed by atoms with Crippen LogP contribution in [-0.4, -0.2) is 19.6 Å². The van der Waals surface area contributed by atoms with Crippen LogP contribution in [-0.2, 0) is 6.54 Å². The van der Waals surface area contributed by atoms with E-state index in [2.05, 4.69) is 32.5 Å². The number of nitrogens with zero attached hydrogens (tertiary/aromatic N) is 4. The molecule has 0 spiro atoms. The number of aryl methyl sites for hydroxylation is 1. The van der Waals surface area contributed by atoms with Gasteiger partial charge in [0.2, 0.25) is 5.82 Å². The van der Waals surface area contributed by atoms with Crippen LogP contribution in [0.15, 0.2) is 59.2 Å². The SMILES string of the molecule is Cc1cc(NCc2ccccc2)n2nc(-c3ccco3)nc2n1. The van der Waals surface area contributed by atoms with Crippen LogP contribution in [0, 0.1) is 6.92 Å². The minimum atomic E-state index is 0.524. The van der Waals surface area contributed by atoms with Crippen molar-refractivity contribution >= 4 is 11.6 Å². The number of rotatable bonds is 4. The van der Waals surface area contributed by atoms with Gasteiger partial charge in [0.1, 0.15) is 5.82 Å². The molecule has 6 nitrogen and oxygen atoms in total. The molecule has 0 bridgehead atoms. The fourth-order valence-electron chi connectivity index (χ4n) is 2.41. The summed E-state index contributed by atoms with van der Waals surface area (Å²) in [5, 5.41) is 7.89. The number of aromatic nitrogens is 4. The third kappa shape index (κ3) is 2.66. The second kappa shape index (κ2) is 5.57. The molecular weight excluding hydrogens is 290 g/mol. The van der Waals surface area contributed by atoms with Gasteiger partial charge in [-0.3, -0.25) is 0 Å². The summed E-state index contributed by atoms with van der Waals surface area (Å²) >= 11 is 0. The first-order valence-corrected chi connectivity index (χ1v) is 7.36. The first kappa shape index (κ1) is 13.5. The highest BCUT2D eigenvalue weighted by Crippen LogP contribution is 2.19. The average molecular weight is 305 g/mol. The lowest BCUT2D eigenvalue weighted by Gasteiger charge is -2.08. The van der Waals surface area contributed by atoms with Crippen LogP contribution in [0.2, 0.25) is 0 Å². The van der Waals surface area contributed by atoms with Gasteiger partial charge in [-0.15, -0.1) is 5.10 Å². The van der Waals surface area contributed by atoms with Gasteiger partial charge in [-0.2, -0.15) is 9.50 Å². The van der Waals surface area contributed by atoms with Crippen molar-refractivity contribution in [2.45, 2.75) is 13.5 Å². The summed E-state index contributed by atoms with van der Waals surface area (Å²) in [4.78, 5) is 8.87. The van der Waals surface area contributed by atoms with Crippen molar-refractivity contribution in [3.63, 3.8) is 0 Å². The Kier molecular flexibility index (Phi) is 3.27. The summed E-state index contributed by atoms with van der Waals surface area (Å²) in [6.45, 7) is 2.64. The highest BCUT2D eigenvalue weighted by Gasteiger charge is 2.13. The minimum Gasteiger partial charge on any atom is -0.461 e. The summed E-state index contributed by atoms with van der Waals surface area (Å²) < 4.78 is 7.06. The molecule has 3 heterocycles. The van der Waals surface area contributed by atoms with E-state index in [4.69, 9.17) is 4.42 Å². The summed E-state index contributed by atoms with van der Waals surface area (Å²) in [6, 6.07) is 15.8.